The van der Waals surface area contributed by atoms with Crippen LogP contribution in [0.25, 0.3) is 0 Å². The molecule has 1 aliphatic heterocycles. The Labute approximate surface area is 174 Å². The summed E-state index contributed by atoms with van der Waals surface area (Å²) in [6, 6.07) is 26.8. The first-order valence-electron chi connectivity index (χ1n) is 9.49. The molecule has 1 unspecified atom stereocenters. The number of nitrogens with two attached hydrogens (primary N) is 1. The molecule has 3 aromatic rings. The van der Waals surface area contributed by atoms with E-state index < -0.39 is 12.3 Å². The van der Waals surface area contributed by atoms with Gasteiger partial charge < -0.3 is 10.2 Å². The van der Waals surface area contributed by atoms with Gasteiger partial charge in [0.1, 0.15) is 6.61 Å². The number of carbonyl (C=O) groups excluding carboxylic acids is 1. The number of ether oxygens (including phenoxy) is 1. The van der Waals surface area contributed by atoms with Crippen LogP contribution in [0.2, 0.25) is 0 Å². The van der Waals surface area contributed by atoms with Crippen LogP contribution in [-0.2, 0) is 11.3 Å². The fourth-order valence-corrected chi connectivity index (χ4v) is 3.14. The van der Waals surface area contributed by atoms with E-state index in [9.17, 15) is 4.79 Å². The molecule has 1 aliphatic rings. The molecule has 1 atom stereocenters. The van der Waals surface area contributed by atoms with Crippen LogP contribution in [0.1, 0.15) is 16.7 Å². The molecule has 7 heteroatoms. The highest BCUT2D eigenvalue weighted by molar-refractivity contribution is 6.17. The minimum Gasteiger partial charge on any atom is -0.445 e. The summed E-state index contributed by atoms with van der Waals surface area (Å²) >= 11 is 0. The number of benzene rings is 3. The molecule has 0 aromatic heterocycles. The minimum absolute atomic E-state index is 0.150. The summed E-state index contributed by atoms with van der Waals surface area (Å²) in [5.41, 5.74) is 6.61. The Hall–Kier alpha value is -3.97. The predicted molar refractivity (Wildman–Crippen MR) is 116 cm³/mol. The van der Waals surface area contributed by atoms with Gasteiger partial charge in [-0.25, -0.2) is 15.6 Å². The van der Waals surface area contributed by atoms with Gasteiger partial charge in [0, 0.05) is 11.1 Å². The van der Waals surface area contributed by atoms with Crippen molar-refractivity contribution >= 4 is 23.3 Å². The van der Waals surface area contributed by atoms with E-state index in [4.69, 9.17) is 15.6 Å². The van der Waals surface area contributed by atoms with Gasteiger partial charge in [-0.2, -0.15) is 0 Å². The molecular weight excluding hydrogens is 378 g/mol. The highest BCUT2D eigenvalue weighted by atomic mass is 16.5. The van der Waals surface area contributed by atoms with Crippen molar-refractivity contribution in [2.24, 2.45) is 15.8 Å². The van der Waals surface area contributed by atoms with Crippen molar-refractivity contribution in [3.8, 4) is 0 Å². The number of rotatable bonds is 4. The first-order valence-corrected chi connectivity index (χ1v) is 9.49. The maximum atomic E-state index is 12.4. The minimum atomic E-state index is -0.833. The average Bonchev–Trinajstić information content (AvgIpc) is 2.96. The number of aliphatic imine (C=N–C) groups is 2. The lowest BCUT2D eigenvalue weighted by molar-refractivity contribution is 0.138. The van der Waals surface area contributed by atoms with Gasteiger partial charge in [-0.3, -0.25) is 10.3 Å². The predicted octanol–water partition coefficient (Wildman–Crippen LogP) is 3.28. The van der Waals surface area contributed by atoms with Crippen LogP contribution < -0.4 is 16.6 Å². The standard InChI is InChI=1S/C23H21N5O2/c24-28-22-21(27-23(29)30-15-16-9-3-1-4-10-16)26-20(17-11-5-2-6-12-17)18-13-7-8-14-19(18)25-22/h1-14,21H,15,24H2,(H,25,28)(H,27,29). The normalized spacial score (nSPS) is 15.2. The Morgan fingerprint density at radius 2 is 1.60 bits per heavy atom. The number of nitrogens with one attached hydrogen (secondary N) is 2. The molecule has 0 saturated carbocycles. The molecule has 0 fully saturated rings. The van der Waals surface area contributed by atoms with Gasteiger partial charge in [-0.15, -0.1) is 0 Å². The fourth-order valence-electron chi connectivity index (χ4n) is 3.14. The van der Waals surface area contributed by atoms with Gasteiger partial charge in [0.05, 0.1) is 11.4 Å². The summed E-state index contributed by atoms with van der Waals surface area (Å²) in [6.45, 7) is 0.150. The monoisotopic (exact) mass is 399 g/mol. The van der Waals surface area contributed by atoms with Crippen molar-refractivity contribution in [3.05, 3.63) is 102 Å². The Kier molecular flexibility index (Phi) is 5.82. The molecule has 4 rings (SSSR count). The molecule has 7 nitrogen and oxygen atoms in total. The number of amides is 1. The third-order valence-electron chi connectivity index (χ3n) is 4.58. The molecule has 0 bridgehead atoms. The number of hydrazine groups is 1. The number of alkyl carbamates (subject to hydrolysis) is 1. The van der Waals surface area contributed by atoms with Crippen molar-refractivity contribution in [2.75, 3.05) is 0 Å². The highest BCUT2D eigenvalue weighted by Crippen LogP contribution is 2.26. The van der Waals surface area contributed by atoms with E-state index in [-0.39, 0.29) is 6.61 Å². The van der Waals surface area contributed by atoms with Gasteiger partial charge in [0.2, 0.25) is 0 Å². The third-order valence-corrected chi connectivity index (χ3v) is 4.58. The first-order chi connectivity index (χ1) is 14.7. The number of amidine groups is 1. The van der Waals surface area contributed by atoms with Crippen LogP contribution in [0, 0.1) is 0 Å². The van der Waals surface area contributed by atoms with Crippen molar-refractivity contribution < 1.29 is 9.53 Å². The van der Waals surface area contributed by atoms with Gasteiger partial charge in [-0.1, -0.05) is 78.9 Å². The van der Waals surface area contributed by atoms with E-state index in [1.165, 1.54) is 0 Å². The van der Waals surface area contributed by atoms with Gasteiger partial charge in [-0.05, 0) is 11.6 Å². The molecule has 4 N–H and O–H groups in total. The van der Waals surface area contributed by atoms with Crippen molar-refractivity contribution in [1.82, 2.24) is 10.7 Å². The van der Waals surface area contributed by atoms with E-state index in [1.807, 2.05) is 84.9 Å². The van der Waals surface area contributed by atoms with Gasteiger partial charge >= 0.3 is 6.09 Å². The quantitative estimate of drug-likeness (QED) is 0.463. The molecule has 150 valence electrons. The molecule has 0 aliphatic carbocycles. The summed E-state index contributed by atoms with van der Waals surface area (Å²) < 4.78 is 5.34. The molecule has 3 aromatic carbocycles. The zero-order chi connectivity index (χ0) is 20.8. The largest absolute Gasteiger partial charge is 0.445 e. The number of fused-ring (bicyclic) bond motifs is 1. The van der Waals surface area contributed by atoms with Crippen LogP contribution in [0.5, 0.6) is 0 Å². The Balaban J connectivity index is 1.63. The molecule has 30 heavy (non-hydrogen) atoms. The smallest absolute Gasteiger partial charge is 0.409 e. The van der Waals surface area contributed by atoms with Crippen molar-refractivity contribution in [3.63, 3.8) is 0 Å². The number of carbonyl (C=O) groups is 1. The maximum Gasteiger partial charge on any atom is 0.409 e. The van der Waals surface area contributed by atoms with E-state index in [0.717, 1.165) is 16.7 Å². The van der Waals surface area contributed by atoms with Crippen LogP contribution in [-0.4, -0.2) is 23.8 Å². The SMILES string of the molecule is NNC1=Nc2ccccc2C(c2ccccc2)=NC1NC(=O)OCc1ccccc1. The van der Waals surface area contributed by atoms with Crippen LogP contribution in [0.3, 0.4) is 0 Å². The summed E-state index contributed by atoms with van der Waals surface area (Å²) in [6.07, 6.45) is -1.45. The number of hydrogen-bond acceptors (Lipinski definition) is 6. The van der Waals surface area contributed by atoms with Crippen LogP contribution >= 0.6 is 0 Å². The number of para-hydroxylation sites is 1. The average molecular weight is 399 g/mol. The van der Waals surface area contributed by atoms with Crippen molar-refractivity contribution in [1.29, 1.82) is 0 Å². The van der Waals surface area contributed by atoms with Gasteiger partial charge in [0.25, 0.3) is 0 Å². The van der Waals surface area contributed by atoms with Crippen LogP contribution in [0.4, 0.5) is 10.5 Å². The third kappa shape index (κ3) is 4.37. The molecular formula is C23H21N5O2. The van der Waals surface area contributed by atoms with E-state index in [2.05, 4.69) is 15.7 Å². The second-order valence-corrected chi connectivity index (χ2v) is 6.61. The molecule has 0 saturated heterocycles. The highest BCUT2D eigenvalue weighted by Gasteiger charge is 2.24. The zero-order valence-electron chi connectivity index (χ0n) is 16.2. The topological polar surface area (TPSA) is 101 Å². The lowest BCUT2D eigenvalue weighted by atomic mass is 10.0. The lowest BCUT2D eigenvalue weighted by Gasteiger charge is -2.16. The molecule has 0 spiro atoms. The number of nitrogens with zero attached hydrogens (tertiary/aromatic N) is 2. The second-order valence-electron chi connectivity index (χ2n) is 6.61. The summed E-state index contributed by atoms with van der Waals surface area (Å²) in [5, 5.41) is 2.74. The molecule has 1 amide bonds. The Morgan fingerprint density at radius 3 is 2.33 bits per heavy atom. The van der Waals surface area contributed by atoms with Gasteiger partial charge in [0.15, 0.2) is 12.0 Å². The summed E-state index contributed by atoms with van der Waals surface area (Å²) in [7, 11) is 0. The molecule has 1 heterocycles. The number of hydrogen-bond donors (Lipinski definition) is 3. The maximum absolute atomic E-state index is 12.4. The summed E-state index contributed by atoms with van der Waals surface area (Å²) in [5.74, 6) is 6.01. The first kappa shape index (κ1) is 19.4. The fraction of sp³-hybridized carbons (Fsp3) is 0.0870. The van der Waals surface area contributed by atoms with Crippen molar-refractivity contribution in [2.45, 2.75) is 12.8 Å². The van der Waals surface area contributed by atoms with E-state index >= 15 is 0 Å². The Morgan fingerprint density at radius 1 is 0.933 bits per heavy atom. The van der Waals surface area contributed by atoms with E-state index in [0.29, 0.717) is 17.2 Å². The van der Waals surface area contributed by atoms with Crippen LogP contribution in [0.15, 0.2) is 94.9 Å². The van der Waals surface area contributed by atoms with E-state index in [1.54, 1.807) is 0 Å². The lowest BCUT2D eigenvalue weighted by Crippen LogP contribution is -2.48. The zero-order valence-corrected chi connectivity index (χ0v) is 16.2. The Bertz CT molecular complexity index is 1080. The summed E-state index contributed by atoms with van der Waals surface area (Å²) in [4.78, 5) is 21.8. The molecule has 0 radical (unpaired) electrons. The second kappa shape index (κ2) is 9.02.